The number of ether oxygens (including phenoxy) is 1. The molecule has 0 unspecified atom stereocenters. The zero-order valence-corrected chi connectivity index (χ0v) is 17.2. The van der Waals surface area contributed by atoms with Crippen LogP contribution in [-0.4, -0.2) is 24.0 Å². The highest BCUT2D eigenvalue weighted by molar-refractivity contribution is 14.1. The van der Waals surface area contributed by atoms with E-state index >= 15 is 0 Å². The molecule has 2 aromatic carbocycles. The summed E-state index contributed by atoms with van der Waals surface area (Å²) >= 11 is 13.3. The standard InChI is InChI=1S/C18H12ClIN2O3S/c1-25-15-6-5-10(8-14(15)20)7-13-16(23)21-18(26)22(17(13)24)12-4-2-3-11(19)9-12/h2-9H,1H3,(H,21,23,26)/b13-7+. The first-order valence-electron chi connectivity index (χ1n) is 7.41. The van der Waals surface area contributed by atoms with Gasteiger partial charge < -0.3 is 4.74 Å². The zero-order chi connectivity index (χ0) is 18.8. The lowest BCUT2D eigenvalue weighted by molar-refractivity contribution is -0.122. The number of anilines is 1. The maximum atomic E-state index is 12.9. The van der Waals surface area contributed by atoms with Crippen LogP contribution in [0, 0.1) is 3.57 Å². The number of thiocarbonyl (C=S) groups is 1. The molecule has 0 radical (unpaired) electrons. The van der Waals surface area contributed by atoms with Crippen LogP contribution >= 0.6 is 46.4 Å². The molecule has 0 aromatic heterocycles. The number of nitrogens with zero attached hydrogens (tertiary/aromatic N) is 1. The van der Waals surface area contributed by atoms with Crippen LogP contribution in [0.3, 0.4) is 0 Å². The van der Waals surface area contributed by atoms with Gasteiger partial charge in [-0.25, -0.2) is 0 Å². The molecule has 8 heteroatoms. The van der Waals surface area contributed by atoms with Gasteiger partial charge in [-0.15, -0.1) is 0 Å². The first-order valence-corrected chi connectivity index (χ1v) is 9.28. The number of hydrogen-bond donors (Lipinski definition) is 1. The molecular weight excluding hydrogens is 487 g/mol. The number of rotatable bonds is 3. The topological polar surface area (TPSA) is 58.6 Å². The number of halogens is 2. The molecule has 1 fully saturated rings. The largest absolute Gasteiger partial charge is 0.496 e. The molecular formula is C18H12ClIN2O3S. The molecule has 26 heavy (non-hydrogen) atoms. The van der Waals surface area contributed by atoms with E-state index in [2.05, 4.69) is 27.9 Å². The molecule has 2 aromatic rings. The van der Waals surface area contributed by atoms with Crippen LogP contribution in [-0.2, 0) is 9.59 Å². The Labute approximate surface area is 174 Å². The molecule has 1 saturated heterocycles. The van der Waals surface area contributed by atoms with Crippen LogP contribution in [0.5, 0.6) is 5.75 Å². The fraction of sp³-hybridized carbons (Fsp3) is 0.0556. The summed E-state index contributed by atoms with van der Waals surface area (Å²) in [6.07, 6.45) is 1.53. The van der Waals surface area contributed by atoms with Gasteiger partial charge in [0.05, 0.1) is 16.4 Å². The summed E-state index contributed by atoms with van der Waals surface area (Å²) in [5.74, 6) is -0.329. The molecule has 132 valence electrons. The summed E-state index contributed by atoms with van der Waals surface area (Å²) in [6.45, 7) is 0. The fourth-order valence-corrected chi connectivity index (χ4v) is 3.67. The molecule has 1 aliphatic heterocycles. The average molecular weight is 499 g/mol. The number of amides is 2. The minimum absolute atomic E-state index is 0.0143. The van der Waals surface area contributed by atoms with Crippen molar-refractivity contribution in [3.63, 3.8) is 0 Å². The lowest BCUT2D eigenvalue weighted by Crippen LogP contribution is -2.54. The van der Waals surface area contributed by atoms with Crippen molar-refractivity contribution in [1.29, 1.82) is 0 Å². The Balaban J connectivity index is 2.01. The molecule has 0 spiro atoms. The van der Waals surface area contributed by atoms with Crippen LogP contribution in [0.4, 0.5) is 5.69 Å². The predicted molar refractivity (Wildman–Crippen MR) is 113 cm³/mol. The van der Waals surface area contributed by atoms with Gasteiger partial charge >= 0.3 is 0 Å². The molecule has 0 atom stereocenters. The minimum Gasteiger partial charge on any atom is -0.496 e. The second kappa shape index (κ2) is 7.73. The maximum Gasteiger partial charge on any atom is 0.270 e. The Morgan fingerprint density at radius 1 is 1.23 bits per heavy atom. The van der Waals surface area contributed by atoms with Gasteiger partial charge in [0.15, 0.2) is 5.11 Å². The molecule has 0 aliphatic carbocycles. The van der Waals surface area contributed by atoms with E-state index < -0.39 is 11.8 Å². The third-order valence-electron chi connectivity index (χ3n) is 3.65. The van der Waals surface area contributed by atoms with E-state index in [1.807, 2.05) is 6.07 Å². The summed E-state index contributed by atoms with van der Waals surface area (Å²) in [5.41, 5.74) is 1.18. The summed E-state index contributed by atoms with van der Waals surface area (Å²) < 4.78 is 6.09. The van der Waals surface area contributed by atoms with E-state index in [0.717, 1.165) is 3.57 Å². The number of benzene rings is 2. The number of carbonyl (C=O) groups excluding carboxylic acids is 2. The number of nitrogens with one attached hydrogen (secondary N) is 1. The van der Waals surface area contributed by atoms with E-state index in [0.29, 0.717) is 22.0 Å². The van der Waals surface area contributed by atoms with Crippen molar-refractivity contribution in [2.24, 2.45) is 0 Å². The Bertz CT molecular complexity index is 961. The molecule has 2 amide bonds. The molecule has 0 saturated carbocycles. The SMILES string of the molecule is COc1ccc(/C=C2\C(=O)NC(=S)N(c3cccc(Cl)c3)C2=O)cc1I. The number of methoxy groups -OCH3 is 1. The smallest absolute Gasteiger partial charge is 0.270 e. The van der Waals surface area contributed by atoms with Gasteiger partial charge in [0.2, 0.25) is 0 Å². The van der Waals surface area contributed by atoms with Crippen LogP contribution < -0.4 is 15.0 Å². The van der Waals surface area contributed by atoms with E-state index in [9.17, 15) is 9.59 Å². The van der Waals surface area contributed by atoms with Crippen LogP contribution in [0.2, 0.25) is 5.02 Å². The van der Waals surface area contributed by atoms with Crippen molar-refractivity contribution >= 4 is 75.1 Å². The highest BCUT2D eigenvalue weighted by Crippen LogP contribution is 2.26. The highest BCUT2D eigenvalue weighted by Gasteiger charge is 2.34. The van der Waals surface area contributed by atoms with Gasteiger partial charge in [0, 0.05) is 5.02 Å². The van der Waals surface area contributed by atoms with Crippen molar-refractivity contribution in [2.45, 2.75) is 0 Å². The third-order valence-corrected chi connectivity index (χ3v) is 5.02. The summed E-state index contributed by atoms with van der Waals surface area (Å²) in [5, 5.41) is 3.03. The van der Waals surface area contributed by atoms with Crippen molar-refractivity contribution in [1.82, 2.24) is 5.32 Å². The average Bonchev–Trinajstić information content (AvgIpc) is 2.58. The van der Waals surface area contributed by atoms with Crippen molar-refractivity contribution in [3.8, 4) is 5.75 Å². The zero-order valence-electron chi connectivity index (χ0n) is 13.5. The second-order valence-electron chi connectivity index (χ2n) is 5.33. The minimum atomic E-state index is -0.538. The van der Waals surface area contributed by atoms with Gasteiger partial charge in [-0.3, -0.25) is 19.8 Å². The fourth-order valence-electron chi connectivity index (χ4n) is 2.45. The molecule has 0 bridgehead atoms. The quantitative estimate of drug-likeness (QED) is 0.303. The van der Waals surface area contributed by atoms with E-state index in [1.54, 1.807) is 43.5 Å². The van der Waals surface area contributed by atoms with Gasteiger partial charge in [0.25, 0.3) is 11.8 Å². The van der Waals surface area contributed by atoms with Gasteiger partial charge in [0.1, 0.15) is 11.3 Å². The van der Waals surface area contributed by atoms with Crippen molar-refractivity contribution in [2.75, 3.05) is 12.0 Å². The molecule has 1 N–H and O–H groups in total. The van der Waals surface area contributed by atoms with E-state index in [-0.39, 0.29) is 10.7 Å². The van der Waals surface area contributed by atoms with Crippen LogP contribution in [0.25, 0.3) is 6.08 Å². The Hall–Kier alpha value is -1.97. The summed E-state index contributed by atoms with van der Waals surface area (Å²) in [7, 11) is 1.58. The predicted octanol–water partition coefficient (Wildman–Crippen LogP) is 3.78. The van der Waals surface area contributed by atoms with E-state index in [4.69, 9.17) is 28.6 Å². The third kappa shape index (κ3) is 3.74. The Kier molecular flexibility index (Phi) is 5.59. The van der Waals surface area contributed by atoms with E-state index in [1.165, 1.54) is 11.0 Å². The lowest BCUT2D eigenvalue weighted by Gasteiger charge is -2.29. The molecule has 1 heterocycles. The van der Waals surface area contributed by atoms with Gasteiger partial charge in [-0.05, 0) is 76.8 Å². The number of hydrogen-bond acceptors (Lipinski definition) is 4. The van der Waals surface area contributed by atoms with Crippen LogP contribution in [0.15, 0.2) is 48.0 Å². The Morgan fingerprint density at radius 3 is 2.65 bits per heavy atom. The maximum absolute atomic E-state index is 12.9. The Morgan fingerprint density at radius 2 is 2.00 bits per heavy atom. The number of carbonyl (C=O) groups is 2. The molecule has 3 rings (SSSR count). The first-order chi connectivity index (χ1) is 12.4. The van der Waals surface area contributed by atoms with Gasteiger partial charge in [-0.1, -0.05) is 23.7 Å². The van der Waals surface area contributed by atoms with Crippen molar-refractivity contribution in [3.05, 3.63) is 62.2 Å². The first kappa shape index (κ1) is 18.8. The highest BCUT2D eigenvalue weighted by atomic mass is 127. The second-order valence-corrected chi connectivity index (χ2v) is 7.32. The lowest BCUT2D eigenvalue weighted by atomic mass is 10.1. The monoisotopic (exact) mass is 498 g/mol. The van der Waals surface area contributed by atoms with Crippen LogP contribution in [0.1, 0.15) is 5.56 Å². The summed E-state index contributed by atoms with van der Waals surface area (Å²) in [6, 6.07) is 12.1. The van der Waals surface area contributed by atoms with Gasteiger partial charge in [-0.2, -0.15) is 0 Å². The molecule has 1 aliphatic rings. The normalized spacial score (nSPS) is 16.0. The summed E-state index contributed by atoms with van der Waals surface area (Å²) in [4.78, 5) is 26.5. The van der Waals surface area contributed by atoms with Crippen molar-refractivity contribution < 1.29 is 14.3 Å². The molecule has 5 nitrogen and oxygen atoms in total.